The quantitative estimate of drug-likeness (QED) is 0.795. The smallest absolute Gasteiger partial charge is 0.236 e. The first-order valence-electron chi connectivity index (χ1n) is 7.28. The zero-order chi connectivity index (χ0) is 17.0. The second-order valence-corrected chi connectivity index (χ2v) is 6.78. The van der Waals surface area contributed by atoms with Crippen LogP contribution in [0.3, 0.4) is 0 Å². The van der Waals surface area contributed by atoms with Crippen molar-refractivity contribution in [2.45, 2.75) is 24.3 Å². The third-order valence-corrected chi connectivity index (χ3v) is 4.74. The molecule has 1 aliphatic heterocycles. The molecule has 2 N–H and O–H groups in total. The van der Waals surface area contributed by atoms with E-state index in [0.29, 0.717) is 22.8 Å². The van der Waals surface area contributed by atoms with Gasteiger partial charge in [0.15, 0.2) is 11.5 Å². The summed E-state index contributed by atoms with van der Waals surface area (Å²) in [6.07, 6.45) is 5.99. The number of carbonyl (C=O) groups is 1. The molecule has 1 saturated heterocycles. The molecule has 1 aromatic carbocycles. The number of carbonyl (C=O) groups excluding carboxylic acids is 1. The number of benzene rings is 1. The van der Waals surface area contributed by atoms with Gasteiger partial charge < -0.3 is 14.0 Å². The first-order valence-corrected chi connectivity index (χ1v) is 8.84. The number of hydrogen-bond donors (Lipinski definition) is 2. The number of methoxy groups -OCH3 is 2. The van der Waals surface area contributed by atoms with Crippen LogP contribution >= 0.6 is 0 Å². The Labute approximate surface area is 139 Å². The SMILES string of the molecule is COc1cc(/C=C/C2NNC(=O)CC2C)cc(OC)c1[S+](C)[O-]. The lowest BCUT2D eigenvalue weighted by Gasteiger charge is -2.27. The molecule has 0 aliphatic carbocycles. The molecular formula is C16H22N2O4S. The fourth-order valence-corrected chi connectivity index (χ4v) is 3.36. The molecule has 3 atom stereocenters. The van der Waals surface area contributed by atoms with Crippen molar-refractivity contribution in [1.29, 1.82) is 0 Å². The molecule has 2 rings (SSSR count). The minimum absolute atomic E-state index is 0.000247. The number of rotatable bonds is 5. The summed E-state index contributed by atoms with van der Waals surface area (Å²) in [5.41, 5.74) is 6.49. The van der Waals surface area contributed by atoms with Gasteiger partial charge in [-0.1, -0.05) is 19.1 Å². The van der Waals surface area contributed by atoms with Gasteiger partial charge in [-0.2, -0.15) is 0 Å². The maximum absolute atomic E-state index is 11.9. The average molecular weight is 338 g/mol. The minimum Gasteiger partial charge on any atom is -0.611 e. The van der Waals surface area contributed by atoms with Gasteiger partial charge in [-0.05, 0) is 34.8 Å². The summed E-state index contributed by atoms with van der Waals surface area (Å²) in [7, 11) is 3.08. The average Bonchev–Trinajstić information content (AvgIpc) is 2.52. The molecule has 0 spiro atoms. The van der Waals surface area contributed by atoms with E-state index >= 15 is 0 Å². The molecule has 126 valence electrons. The number of hydrogen-bond acceptors (Lipinski definition) is 5. The topological polar surface area (TPSA) is 82.7 Å². The summed E-state index contributed by atoms with van der Waals surface area (Å²) >= 11 is -1.21. The molecule has 0 radical (unpaired) electrons. The van der Waals surface area contributed by atoms with Gasteiger partial charge in [0.2, 0.25) is 10.8 Å². The predicted molar refractivity (Wildman–Crippen MR) is 89.8 cm³/mol. The van der Waals surface area contributed by atoms with E-state index in [9.17, 15) is 9.35 Å². The van der Waals surface area contributed by atoms with Crippen molar-refractivity contribution in [1.82, 2.24) is 10.9 Å². The van der Waals surface area contributed by atoms with Gasteiger partial charge in [0.1, 0.15) is 6.26 Å². The first kappa shape index (κ1) is 17.7. The van der Waals surface area contributed by atoms with Crippen LogP contribution in [-0.2, 0) is 16.0 Å². The van der Waals surface area contributed by atoms with Crippen molar-refractivity contribution >= 4 is 23.2 Å². The Morgan fingerprint density at radius 3 is 2.39 bits per heavy atom. The van der Waals surface area contributed by atoms with Crippen LogP contribution < -0.4 is 20.3 Å². The third kappa shape index (κ3) is 4.19. The molecule has 7 heteroatoms. The molecule has 6 nitrogen and oxygen atoms in total. The van der Waals surface area contributed by atoms with Crippen molar-refractivity contribution in [2.75, 3.05) is 20.5 Å². The summed E-state index contributed by atoms with van der Waals surface area (Å²) in [6.45, 7) is 2.02. The highest BCUT2D eigenvalue weighted by Gasteiger charge is 2.24. The first-order chi connectivity index (χ1) is 11.0. The normalized spacial score (nSPS) is 22.7. The van der Waals surface area contributed by atoms with Crippen molar-refractivity contribution in [2.24, 2.45) is 5.92 Å². The number of nitrogens with one attached hydrogen (secondary N) is 2. The Bertz CT molecular complexity index is 579. The maximum atomic E-state index is 11.9. The molecule has 23 heavy (non-hydrogen) atoms. The molecule has 1 aromatic rings. The van der Waals surface area contributed by atoms with Crippen LogP contribution in [0.1, 0.15) is 18.9 Å². The molecule has 0 aromatic heterocycles. The molecule has 3 unspecified atom stereocenters. The van der Waals surface area contributed by atoms with E-state index in [1.165, 1.54) is 0 Å². The van der Waals surface area contributed by atoms with Crippen LogP contribution in [0.4, 0.5) is 0 Å². The summed E-state index contributed by atoms with van der Waals surface area (Å²) in [6, 6.07) is 3.69. The lowest BCUT2D eigenvalue weighted by atomic mass is 9.96. The van der Waals surface area contributed by atoms with Gasteiger partial charge in [-0.15, -0.1) is 0 Å². The van der Waals surface area contributed by atoms with Crippen LogP contribution in [-0.4, -0.2) is 37.0 Å². The fraction of sp³-hybridized carbons (Fsp3) is 0.438. The number of ether oxygens (including phenoxy) is 2. The zero-order valence-electron chi connectivity index (χ0n) is 13.7. The summed E-state index contributed by atoms with van der Waals surface area (Å²) in [5, 5.41) is 0. The van der Waals surface area contributed by atoms with Gasteiger partial charge in [-0.3, -0.25) is 10.2 Å². The van der Waals surface area contributed by atoms with Crippen molar-refractivity contribution in [3.8, 4) is 11.5 Å². The van der Waals surface area contributed by atoms with Gasteiger partial charge in [-0.25, -0.2) is 5.43 Å². The summed E-state index contributed by atoms with van der Waals surface area (Å²) < 4.78 is 22.6. The largest absolute Gasteiger partial charge is 0.611 e. The molecule has 0 saturated carbocycles. The minimum atomic E-state index is -1.21. The van der Waals surface area contributed by atoms with Crippen LogP contribution in [0.2, 0.25) is 0 Å². The summed E-state index contributed by atoms with van der Waals surface area (Å²) in [5.74, 6) is 1.26. The van der Waals surface area contributed by atoms with E-state index in [0.717, 1.165) is 5.56 Å². The van der Waals surface area contributed by atoms with E-state index in [1.807, 2.05) is 31.2 Å². The molecule has 1 aliphatic rings. The highest BCUT2D eigenvalue weighted by atomic mass is 32.2. The Balaban J connectivity index is 2.26. The zero-order valence-corrected chi connectivity index (χ0v) is 14.5. The Morgan fingerprint density at radius 1 is 1.30 bits per heavy atom. The lowest BCUT2D eigenvalue weighted by molar-refractivity contribution is -0.125. The Hall–Kier alpha value is -1.70. The van der Waals surface area contributed by atoms with Gasteiger partial charge in [0.25, 0.3) is 0 Å². The van der Waals surface area contributed by atoms with E-state index < -0.39 is 11.2 Å². The monoisotopic (exact) mass is 338 g/mol. The van der Waals surface area contributed by atoms with Crippen molar-refractivity contribution < 1.29 is 18.8 Å². The fourth-order valence-electron chi connectivity index (χ4n) is 2.51. The highest BCUT2D eigenvalue weighted by molar-refractivity contribution is 7.91. The Kier molecular flexibility index (Phi) is 5.92. The van der Waals surface area contributed by atoms with Crippen LogP contribution in [0, 0.1) is 5.92 Å². The lowest BCUT2D eigenvalue weighted by Crippen LogP contribution is -2.52. The maximum Gasteiger partial charge on any atom is 0.236 e. The van der Waals surface area contributed by atoms with Crippen molar-refractivity contribution in [3.63, 3.8) is 0 Å². The standard InChI is InChI=1S/C16H22N2O4S/c1-10-7-15(19)18-17-12(10)6-5-11-8-13(21-2)16(23(4)20)14(9-11)22-3/h5-6,8-10,12,17H,7H2,1-4H3,(H,18,19)/b6-5+. The van der Waals surface area contributed by atoms with Crippen LogP contribution in [0.25, 0.3) is 6.08 Å². The van der Waals surface area contributed by atoms with Gasteiger partial charge >= 0.3 is 0 Å². The van der Waals surface area contributed by atoms with Crippen LogP contribution in [0.15, 0.2) is 23.1 Å². The van der Waals surface area contributed by atoms with Gasteiger partial charge in [0, 0.05) is 12.5 Å². The molecule has 1 fully saturated rings. The number of amides is 1. The molecule has 1 heterocycles. The molecule has 0 bridgehead atoms. The number of hydrazine groups is 1. The van der Waals surface area contributed by atoms with E-state index in [1.54, 1.807) is 20.5 Å². The molecule has 1 amide bonds. The third-order valence-electron chi connectivity index (χ3n) is 3.77. The predicted octanol–water partition coefficient (Wildman–Crippen LogP) is 1.48. The Morgan fingerprint density at radius 2 is 1.91 bits per heavy atom. The van der Waals surface area contributed by atoms with E-state index in [4.69, 9.17) is 9.47 Å². The second kappa shape index (κ2) is 7.72. The van der Waals surface area contributed by atoms with Gasteiger partial charge in [0.05, 0.1) is 14.2 Å². The molecular weight excluding hydrogens is 316 g/mol. The highest BCUT2D eigenvalue weighted by Crippen LogP contribution is 2.35. The summed E-state index contributed by atoms with van der Waals surface area (Å²) in [4.78, 5) is 11.8. The van der Waals surface area contributed by atoms with E-state index in [2.05, 4.69) is 10.9 Å². The van der Waals surface area contributed by atoms with Crippen LogP contribution in [0.5, 0.6) is 11.5 Å². The van der Waals surface area contributed by atoms with Crippen molar-refractivity contribution in [3.05, 3.63) is 23.8 Å². The van der Waals surface area contributed by atoms with E-state index in [-0.39, 0.29) is 17.9 Å². The second-order valence-electron chi connectivity index (χ2n) is 5.47.